The molecule has 0 saturated carbocycles. The molecule has 0 bridgehead atoms. The van der Waals surface area contributed by atoms with Crippen molar-refractivity contribution in [1.29, 1.82) is 0 Å². The Bertz CT molecular complexity index is 81.8. The van der Waals surface area contributed by atoms with E-state index in [2.05, 4.69) is 25.8 Å². The highest BCUT2D eigenvalue weighted by molar-refractivity contribution is 4.62. The van der Waals surface area contributed by atoms with E-state index in [9.17, 15) is 0 Å². The van der Waals surface area contributed by atoms with Crippen molar-refractivity contribution < 1.29 is 0 Å². The Morgan fingerprint density at radius 1 is 1.33 bits per heavy atom. The summed E-state index contributed by atoms with van der Waals surface area (Å²) in [6.45, 7) is 6.49. The van der Waals surface area contributed by atoms with E-state index in [1.54, 1.807) is 0 Å². The second-order valence-corrected chi connectivity index (χ2v) is 3.61. The van der Waals surface area contributed by atoms with Gasteiger partial charge in [-0.15, -0.1) is 0 Å². The SMILES string of the molecule is CCCCC(C)N(C)CCCN. The highest BCUT2D eigenvalue weighted by Gasteiger charge is 2.06. The van der Waals surface area contributed by atoms with Crippen LogP contribution in [-0.2, 0) is 0 Å². The first kappa shape index (κ1) is 11.9. The predicted octanol–water partition coefficient (Wildman–Crippen LogP) is 1.85. The lowest BCUT2D eigenvalue weighted by Crippen LogP contribution is -2.30. The number of hydrogen-bond donors (Lipinski definition) is 1. The van der Waals surface area contributed by atoms with Crippen LogP contribution in [-0.4, -0.2) is 31.1 Å². The first-order chi connectivity index (χ1) is 5.72. The molecule has 0 spiro atoms. The quantitative estimate of drug-likeness (QED) is 0.635. The summed E-state index contributed by atoms with van der Waals surface area (Å²) in [5, 5.41) is 0. The minimum absolute atomic E-state index is 0.719. The average molecular weight is 172 g/mol. The normalized spacial score (nSPS) is 13.8. The molecule has 2 nitrogen and oxygen atoms in total. The molecule has 0 aromatic carbocycles. The molecule has 74 valence electrons. The van der Waals surface area contributed by atoms with Gasteiger partial charge in [0.2, 0.25) is 0 Å². The molecule has 0 radical (unpaired) electrons. The zero-order valence-electron chi connectivity index (χ0n) is 8.84. The third-order valence-electron chi connectivity index (χ3n) is 2.44. The molecule has 0 aliphatic rings. The van der Waals surface area contributed by atoms with Crippen molar-refractivity contribution in [3.8, 4) is 0 Å². The van der Waals surface area contributed by atoms with Gasteiger partial charge < -0.3 is 10.6 Å². The van der Waals surface area contributed by atoms with Crippen LogP contribution in [0.5, 0.6) is 0 Å². The monoisotopic (exact) mass is 172 g/mol. The molecule has 2 N–H and O–H groups in total. The van der Waals surface area contributed by atoms with Gasteiger partial charge in [-0.2, -0.15) is 0 Å². The van der Waals surface area contributed by atoms with Gasteiger partial charge in [-0.3, -0.25) is 0 Å². The first-order valence-corrected chi connectivity index (χ1v) is 5.12. The van der Waals surface area contributed by atoms with Crippen molar-refractivity contribution in [2.75, 3.05) is 20.1 Å². The van der Waals surface area contributed by atoms with E-state index >= 15 is 0 Å². The van der Waals surface area contributed by atoms with Crippen LogP contribution in [0.3, 0.4) is 0 Å². The van der Waals surface area contributed by atoms with Gasteiger partial charge in [0.15, 0.2) is 0 Å². The Morgan fingerprint density at radius 2 is 2.00 bits per heavy atom. The summed E-state index contributed by atoms with van der Waals surface area (Å²) in [6.07, 6.45) is 5.08. The number of nitrogens with zero attached hydrogens (tertiary/aromatic N) is 1. The van der Waals surface area contributed by atoms with Crippen molar-refractivity contribution in [2.45, 2.75) is 45.6 Å². The van der Waals surface area contributed by atoms with Crippen LogP contribution in [0.2, 0.25) is 0 Å². The molecule has 0 aromatic heterocycles. The van der Waals surface area contributed by atoms with Crippen molar-refractivity contribution in [3.05, 3.63) is 0 Å². The fourth-order valence-electron chi connectivity index (χ4n) is 1.28. The van der Waals surface area contributed by atoms with Gasteiger partial charge in [-0.1, -0.05) is 19.8 Å². The summed E-state index contributed by atoms with van der Waals surface area (Å²) in [4.78, 5) is 2.41. The number of nitrogens with two attached hydrogens (primary N) is 1. The average Bonchev–Trinajstić information content (AvgIpc) is 2.10. The van der Waals surface area contributed by atoms with Gasteiger partial charge >= 0.3 is 0 Å². The Hall–Kier alpha value is -0.0800. The molecule has 0 rings (SSSR count). The number of unbranched alkanes of at least 4 members (excludes halogenated alkanes) is 1. The summed E-state index contributed by atoms with van der Waals surface area (Å²) in [6, 6.07) is 0.719. The van der Waals surface area contributed by atoms with Crippen LogP contribution < -0.4 is 5.73 Å². The second-order valence-electron chi connectivity index (χ2n) is 3.61. The Kier molecular flexibility index (Phi) is 7.51. The maximum atomic E-state index is 5.45. The van der Waals surface area contributed by atoms with Crippen LogP contribution in [0.15, 0.2) is 0 Å². The molecular formula is C10H24N2. The second kappa shape index (κ2) is 7.56. The Balaban J connectivity index is 3.39. The maximum absolute atomic E-state index is 5.45. The lowest BCUT2D eigenvalue weighted by Gasteiger charge is -2.24. The Labute approximate surface area is 77.1 Å². The molecule has 0 heterocycles. The van der Waals surface area contributed by atoms with Gasteiger partial charge in [-0.05, 0) is 39.9 Å². The van der Waals surface area contributed by atoms with E-state index in [0.29, 0.717) is 0 Å². The smallest absolute Gasteiger partial charge is 0.00638 e. The van der Waals surface area contributed by atoms with Gasteiger partial charge in [0.1, 0.15) is 0 Å². The third kappa shape index (κ3) is 5.56. The topological polar surface area (TPSA) is 29.3 Å². The van der Waals surface area contributed by atoms with E-state index in [4.69, 9.17) is 5.73 Å². The Morgan fingerprint density at radius 3 is 2.50 bits per heavy atom. The molecule has 0 aliphatic heterocycles. The van der Waals surface area contributed by atoms with Gasteiger partial charge in [0, 0.05) is 6.04 Å². The van der Waals surface area contributed by atoms with Crippen LogP contribution in [0.25, 0.3) is 0 Å². The third-order valence-corrected chi connectivity index (χ3v) is 2.44. The maximum Gasteiger partial charge on any atom is 0.00638 e. The molecule has 2 heteroatoms. The largest absolute Gasteiger partial charge is 0.330 e. The summed E-state index contributed by atoms with van der Waals surface area (Å²) in [7, 11) is 2.19. The van der Waals surface area contributed by atoms with Crippen LogP contribution in [0, 0.1) is 0 Å². The summed E-state index contributed by atoms with van der Waals surface area (Å²) in [5.74, 6) is 0. The molecule has 0 saturated heterocycles. The van der Waals surface area contributed by atoms with Gasteiger partial charge in [0.25, 0.3) is 0 Å². The van der Waals surface area contributed by atoms with Gasteiger partial charge in [-0.25, -0.2) is 0 Å². The number of rotatable bonds is 7. The highest BCUT2D eigenvalue weighted by Crippen LogP contribution is 2.06. The van der Waals surface area contributed by atoms with Crippen LogP contribution in [0.4, 0.5) is 0 Å². The van der Waals surface area contributed by atoms with E-state index in [1.807, 2.05) is 0 Å². The van der Waals surface area contributed by atoms with E-state index in [1.165, 1.54) is 19.3 Å². The summed E-state index contributed by atoms with van der Waals surface area (Å²) < 4.78 is 0. The predicted molar refractivity (Wildman–Crippen MR) is 55.3 cm³/mol. The van der Waals surface area contributed by atoms with Crippen LogP contribution >= 0.6 is 0 Å². The van der Waals surface area contributed by atoms with E-state index in [0.717, 1.165) is 25.6 Å². The molecule has 12 heavy (non-hydrogen) atoms. The van der Waals surface area contributed by atoms with Crippen molar-refractivity contribution >= 4 is 0 Å². The zero-order chi connectivity index (χ0) is 9.40. The fraction of sp³-hybridized carbons (Fsp3) is 1.00. The molecule has 1 atom stereocenters. The standard InChI is InChI=1S/C10H24N2/c1-4-5-7-10(2)12(3)9-6-8-11/h10H,4-9,11H2,1-3H3. The highest BCUT2D eigenvalue weighted by atomic mass is 15.1. The molecule has 1 unspecified atom stereocenters. The lowest BCUT2D eigenvalue weighted by molar-refractivity contribution is 0.241. The van der Waals surface area contributed by atoms with E-state index in [-0.39, 0.29) is 0 Å². The fourth-order valence-corrected chi connectivity index (χ4v) is 1.28. The molecule has 0 aromatic rings. The van der Waals surface area contributed by atoms with E-state index < -0.39 is 0 Å². The minimum atomic E-state index is 0.719. The molecular weight excluding hydrogens is 148 g/mol. The van der Waals surface area contributed by atoms with Crippen molar-refractivity contribution in [1.82, 2.24) is 4.90 Å². The van der Waals surface area contributed by atoms with Crippen LogP contribution in [0.1, 0.15) is 39.5 Å². The summed E-state index contributed by atoms with van der Waals surface area (Å²) in [5.41, 5.74) is 5.45. The molecule has 0 amide bonds. The zero-order valence-corrected chi connectivity index (χ0v) is 8.84. The minimum Gasteiger partial charge on any atom is -0.330 e. The summed E-state index contributed by atoms with van der Waals surface area (Å²) >= 11 is 0. The number of hydrogen-bond acceptors (Lipinski definition) is 2. The molecule has 0 aliphatic carbocycles. The lowest BCUT2D eigenvalue weighted by atomic mass is 10.1. The van der Waals surface area contributed by atoms with Crippen molar-refractivity contribution in [2.24, 2.45) is 5.73 Å². The molecule has 0 fully saturated rings. The van der Waals surface area contributed by atoms with Crippen molar-refractivity contribution in [3.63, 3.8) is 0 Å². The van der Waals surface area contributed by atoms with Gasteiger partial charge in [0.05, 0.1) is 0 Å². The first-order valence-electron chi connectivity index (χ1n) is 5.12.